The normalized spacial score (nSPS) is 26.2. The minimum absolute atomic E-state index is 0.304. The standard InChI is InChI=1S/C24H31N5O/c1-14-18(15(2)27-23(25)26-14)9-16-11-24(30-5)19-7-6-8-20-22(19)17(13-28(20)3)10-21(24)29(4)12-16/h6-8,13,16,21H,9-12H2,1-5H3,(H2,25,26,27)/t16-,21-,24+/m1/s1. The zero-order valence-electron chi connectivity index (χ0n) is 18.6. The summed E-state index contributed by atoms with van der Waals surface area (Å²) < 4.78 is 8.71. The molecule has 0 unspecified atom stereocenters. The fourth-order valence-corrected chi connectivity index (χ4v) is 6.20. The number of likely N-dealkylation sites (tertiary alicyclic amines) is 1. The van der Waals surface area contributed by atoms with Gasteiger partial charge in [0.05, 0.1) is 0 Å². The van der Waals surface area contributed by atoms with E-state index in [-0.39, 0.29) is 5.60 Å². The lowest BCUT2D eigenvalue weighted by molar-refractivity contribution is -0.125. The van der Waals surface area contributed by atoms with E-state index in [9.17, 15) is 0 Å². The molecule has 1 aromatic carbocycles. The summed E-state index contributed by atoms with van der Waals surface area (Å²) in [5.41, 5.74) is 12.8. The molecule has 0 bridgehead atoms. The molecule has 30 heavy (non-hydrogen) atoms. The minimum atomic E-state index is -0.304. The maximum atomic E-state index is 6.45. The van der Waals surface area contributed by atoms with Gasteiger partial charge in [0.2, 0.25) is 5.95 Å². The van der Waals surface area contributed by atoms with Gasteiger partial charge >= 0.3 is 0 Å². The van der Waals surface area contributed by atoms with Crippen LogP contribution in [0.15, 0.2) is 24.4 Å². The van der Waals surface area contributed by atoms with Crippen molar-refractivity contribution in [1.29, 1.82) is 0 Å². The van der Waals surface area contributed by atoms with Gasteiger partial charge < -0.3 is 15.0 Å². The molecule has 0 saturated carbocycles. The first kappa shape index (κ1) is 19.5. The number of nitrogen functional groups attached to an aromatic ring is 1. The number of nitrogens with zero attached hydrogens (tertiary/aromatic N) is 4. The van der Waals surface area contributed by atoms with E-state index in [1.807, 2.05) is 21.0 Å². The number of nitrogens with two attached hydrogens (primary N) is 1. The molecule has 1 aliphatic heterocycles. The number of piperidine rings is 1. The number of likely N-dealkylation sites (N-methyl/N-ethyl adjacent to an activating group) is 1. The second-order valence-electron chi connectivity index (χ2n) is 9.22. The van der Waals surface area contributed by atoms with E-state index in [0.717, 1.165) is 37.2 Å². The number of benzene rings is 1. The van der Waals surface area contributed by atoms with Crippen LogP contribution >= 0.6 is 0 Å². The summed E-state index contributed by atoms with van der Waals surface area (Å²) in [6, 6.07) is 7.01. The van der Waals surface area contributed by atoms with Gasteiger partial charge in [-0.25, -0.2) is 9.97 Å². The molecule has 0 amide bonds. The van der Waals surface area contributed by atoms with Crippen molar-refractivity contribution in [2.75, 3.05) is 26.4 Å². The number of aryl methyl sites for hydroxylation is 3. The van der Waals surface area contributed by atoms with Gasteiger partial charge in [0.15, 0.2) is 0 Å². The van der Waals surface area contributed by atoms with E-state index in [1.165, 1.54) is 27.6 Å². The van der Waals surface area contributed by atoms with Gasteiger partial charge in [-0.2, -0.15) is 0 Å². The Kier molecular flexibility index (Phi) is 4.42. The second-order valence-corrected chi connectivity index (χ2v) is 9.22. The van der Waals surface area contributed by atoms with Crippen LogP contribution in [0.5, 0.6) is 0 Å². The zero-order chi connectivity index (χ0) is 21.2. The molecule has 1 saturated heterocycles. The van der Waals surface area contributed by atoms with Crippen LogP contribution in [0.3, 0.4) is 0 Å². The van der Waals surface area contributed by atoms with E-state index in [2.05, 4.69) is 57.9 Å². The number of hydrogen-bond donors (Lipinski definition) is 1. The predicted molar refractivity (Wildman–Crippen MR) is 119 cm³/mol. The molecule has 3 aromatic rings. The molecule has 3 heterocycles. The Bertz CT molecular complexity index is 1110. The Morgan fingerprint density at radius 3 is 2.63 bits per heavy atom. The van der Waals surface area contributed by atoms with Crippen LogP contribution in [0, 0.1) is 19.8 Å². The third kappa shape index (κ3) is 2.70. The number of anilines is 1. The van der Waals surface area contributed by atoms with E-state index < -0.39 is 0 Å². The van der Waals surface area contributed by atoms with E-state index in [0.29, 0.717) is 17.9 Å². The monoisotopic (exact) mass is 405 g/mol. The number of rotatable bonds is 3. The molecule has 158 valence electrons. The second kappa shape index (κ2) is 6.79. The molecule has 5 rings (SSSR count). The molecule has 0 spiro atoms. The van der Waals surface area contributed by atoms with Crippen LogP contribution in [-0.2, 0) is 30.2 Å². The topological polar surface area (TPSA) is 69.2 Å². The first-order chi connectivity index (χ1) is 14.3. The third-order valence-corrected chi connectivity index (χ3v) is 7.47. The van der Waals surface area contributed by atoms with Crippen molar-refractivity contribution in [3.05, 3.63) is 52.5 Å². The maximum absolute atomic E-state index is 6.45. The molecule has 1 aliphatic carbocycles. The van der Waals surface area contributed by atoms with Gasteiger partial charge in [-0.3, -0.25) is 4.90 Å². The zero-order valence-corrected chi connectivity index (χ0v) is 18.6. The number of aromatic nitrogens is 3. The highest BCUT2D eigenvalue weighted by atomic mass is 16.5. The van der Waals surface area contributed by atoms with Crippen LogP contribution < -0.4 is 5.73 Å². The molecule has 2 aliphatic rings. The number of fused-ring (bicyclic) bond motifs is 2. The molecule has 3 atom stereocenters. The summed E-state index contributed by atoms with van der Waals surface area (Å²) >= 11 is 0. The van der Waals surface area contributed by atoms with Crippen molar-refractivity contribution in [2.45, 2.75) is 44.8 Å². The Morgan fingerprint density at radius 1 is 1.20 bits per heavy atom. The molecule has 2 aromatic heterocycles. The Balaban J connectivity index is 1.58. The largest absolute Gasteiger partial charge is 0.372 e. The van der Waals surface area contributed by atoms with Crippen LogP contribution in [0.1, 0.15) is 34.5 Å². The number of methoxy groups -OCH3 is 1. The van der Waals surface area contributed by atoms with Crippen molar-refractivity contribution in [3.63, 3.8) is 0 Å². The molecule has 0 radical (unpaired) electrons. The predicted octanol–water partition coefficient (Wildman–Crippen LogP) is 3.13. The minimum Gasteiger partial charge on any atom is -0.372 e. The highest BCUT2D eigenvalue weighted by Crippen LogP contribution is 2.50. The average Bonchev–Trinajstić information content (AvgIpc) is 3.02. The number of hydrogen-bond acceptors (Lipinski definition) is 5. The fourth-order valence-electron chi connectivity index (χ4n) is 6.20. The van der Waals surface area contributed by atoms with Crippen molar-refractivity contribution in [1.82, 2.24) is 19.4 Å². The van der Waals surface area contributed by atoms with Gasteiger partial charge in [0.25, 0.3) is 0 Å². The third-order valence-electron chi connectivity index (χ3n) is 7.47. The van der Waals surface area contributed by atoms with Gasteiger partial charge in [0.1, 0.15) is 5.60 Å². The maximum Gasteiger partial charge on any atom is 0.220 e. The quantitative estimate of drug-likeness (QED) is 0.725. The Morgan fingerprint density at radius 2 is 1.93 bits per heavy atom. The number of ether oxygens (including phenoxy) is 1. The van der Waals surface area contributed by atoms with E-state index in [4.69, 9.17) is 10.5 Å². The summed E-state index contributed by atoms with van der Waals surface area (Å²) in [5.74, 6) is 0.815. The molecular weight excluding hydrogens is 374 g/mol. The van der Waals surface area contributed by atoms with Gasteiger partial charge in [0, 0.05) is 55.2 Å². The van der Waals surface area contributed by atoms with Crippen molar-refractivity contribution in [3.8, 4) is 0 Å². The Hall–Kier alpha value is -2.44. The van der Waals surface area contributed by atoms with Crippen LogP contribution in [-0.4, -0.2) is 46.2 Å². The molecule has 6 nitrogen and oxygen atoms in total. The van der Waals surface area contributed by atoms with Gasteiger partial charge in [-0.05, 0) is 68.8 Å². The van der Waals surface area contributed by atoms with Gasteiger partial charge in [-0.1, -0.05) is 12.1 Å². The molecule has 1 fully saturated rings. The van der Waals surface area contributed by atoms with Gasteiger partial charge in [-0.15, -0.1) is 0 Å². The summed E-state index contributed by atoms with van der Waals surface area (Å²) in [5, 5.41) is 1.38. The lowest BCUT2D eigenvalue weighted by atomic mass is 9.67. The lowest BCUT2D eigenvalue weighted by Crippen LogP contribution is -2.59. The summed E-state index contributed by atoms with van der Waals surface area (Å²) in [6.45, 7) is 5.12. The van der Waals surface area contributed by atoms with Crippen LogP contribution in [0.25, 0.3) is 10.9 Å². The lowest BCUT2D eigenvalue weighted by Gasteiger charge is -2.53. The molecule has 2 N–H and O–H groups in total. The van der Waals surface area contributed by atoms with E-state index in [1.54, 1.807) is 0 Å². The average molecular weight is 406 g/mol. The first-order valence-electron chi connectivity index (χ1n) is 10.8. The summed E-state index contributed by atoms with van der Waals surface area (Å²) in [6.07, 6.45) is 5.26. The smallest absolute Gasteiger partial charge is 0.220 e. The van der Waals surface area contributed by atoms with Crippen LogP contribution in [0.4, 0.5) is 5.95 Å². The molecular formula is C24H31N5O. The van der Waals surface area contributed by atoms with E-state index >= 15 is 0 Å². The van der Waals surface area contributed by atoms with Crippen molar-refractivity contribution in [2.24, 2.45) is 13.0 Å². The highest BCUT2D eigenvalue weighted by Gasteiger charge is 2.51. The first-order valence-corrected chi connectivity index (χ1v) is 10.8. The summed E-state index contributed by atoms with van der Waals surface area (Å²) in [7, 11) is 6.28. The Labute approximate surface area is 178 Å². The van der Waals surface area contributed by atoms with Crippen molar-refractivity contribution < 1.29 is 4.74 Å². The molecule has 6 heteroatoms. The summed E-state index contributed by atoms with van der Waals surface area (Å²) in [4.78, 5) is 11.4. The SMILES string of the molecule is CO[C@]12C[C@@H](Cc3c(C)nc(N)nc3C)CN(C)[C@@H]1Cc1cn(C)c3cccc2c13. The highest BCUT2D eigenvalue weighted by molar-refractivity contribution is 5.89. The van der Waals surface area contributed by atoms with Crippen molar-refractivity contribution >= 4 is 16.9 Å². The fraction of sp³-hybridized carbons (Fsp3) is 0.500. The van der Waals surface area contributed by atoms with Crippen LogP contribution in [0.2, 0.25) is 0 Å².